The van der Waals surface area contributed by atoms with Gasteiger partial charge in [-0.05, 0) is 45.6 Å². The van der Waals surface area contributed by atoms with Crippen molar-refractivity contribution in [2.75, 3.05) is 53.0 Å². The van der Waals surface area contributed by atoms with Crippen LogP contribution >= 0.6 is 0 Å². The number of carbonyl (C=O) groups excluding carboxylic acids is 2. The minimum atomic E-state index is -0.0614. The zero-order valence-corrected chi connectivity index (χ0v) is 15.1. The molecule has 2 amide bonds. The van der Waals surface area contributed by atoms with Gasteiger partial charge in [0, 0.05) is 51.3 Å². The largest absolute Gasteiger partial charge is 0.372 e. The molecule has 0 radical (unpaired) electrons. The molecule has 1 saturated carbocycles. The third kappa shape index (κ3) is 3.91. The lowest BCUT2D eigenvalue weighted by Gasteiger charge is -2.49. The van der Waals surface area contributed by atoms with Crippen molar-refractivity contribution < 1.29 is 14.3 Å². The molecule has 0 aromatic rings. The first-order chi connectivity index (χ1) is 11.5. The van der Waals surface area contributed by atoms with Gasteiger partial charge in [0.2, 0.25) is 11.8 Å². The fourth-order valence-corrected chi connectivity index (χ4v) is 3.99. The van der Waals surface area contributed by atoms with Crippen LogP contribution in [0.3, 0.4) is 0 Å². The fourth-order valence-electron chi connectivity index (χ4n) is 3.99. The Morgan fingerprint density at radius 3 is 2.75 bits per heavy atom. The van der Waals surface area contributed by atoms with E-state index in [1.165, 1.54) is 12.8 Å². The average Bonchev–Trinajstić information content (AvgIpc) is 3.40. The summed E-state index contributed by atoms with van der Waals surface area (Å²) in [6.45, 7) is 6.75. The van der Waals surface area contributed by atoms with Gasteiger partial charge >= 0.3 is 0 Å². The van der Waals surface area contributed by atoms with Crippen LogP contribution in [0.25, 0.3) is 0 Å². The van der Waals surface area contributed by atoms with Crippen molar-refractivity contribution in [2.24, 2.45) is 5.92 Å². The number of nitrogens with zero attached hydrogens (tertiary/aromatic N) is 3. The molecule has 3 fully saturated rings. The van der Waals surface area contributed by atoms with Gasteiger partial charge < -0.3 is 14.5 Å². The summed E-state index contributed by atoms with van der Waals surface area (Å²) in [5.41, 5.74) is -0.0614. The first-order valence-corrected chi connectivity index (χ1v) is 9.38. The van der Waals surface area contributed by atoms with E-state index in [0.717, 1.165) is 51.5 Å². The minimum Gasteiger partial charge on any atom is -0.372 e. The summed E-state index contributed by atoms with van der Waals surface area (Å²) in [6, 6.07) is 0. The van der Waals surface area contributed by atoms with Gasteiger partial charge in [-0.15, -0.1) is 0 Å². The van der Waals surface area contributed by atoms with Crippen LogP contribution in [0.2, 0.25) is 0 Å². The highest BCUT2D eigenvalue weighted by atomic mass is 16.5. The van der Waals surface area contributed by atoms with Crippen LogP contribution in [0.5, 0.6) is 0 Å². The van der Waals surface area contributed by atoms with Crippen LogP contribution in [0.4, 0.5) is 0 Å². The number of likely N-dealkylation sites (tertiary alicyclic amines) is 1. The monoisotopic (exact) mass is 337 g/mol. The predicted molar refractivity (Wildman–Crippen MR) is 91.6 cm³/mol. The summed E-state index contributed by atoms with van der Waals surface area (Å²) < 4.78 is 5.29. The summed E-state index contributed by atoms with van der Waals surface area (Å²) in [5, 5.41) is 0. The van der Waals surface area contributed by atoms with Crippen molar-refractivity contribution in [3.8, 4) is 0 Å². The van der Waals surface area contributed by atoms with Crippen molar-refractivity contribution in [1.82, 2.24) is 14.7 Å². The molecule has 0 aromatic carbocycles. The molecule has 3 rings (SSSR count). The molecule has 24 heavy (non-hydrogen) atoms. The van der Waals surface area contributed by atoms with Crippen molar-refractivity contribution in [2.45, 2.75) is 44.6 Å². The van der Waals surface area contributed by atoms with E-state index in [2.05, 4.69) is 16.8 Å². The molecule has 0 bridgehead atoms. The van der Waals surface area contributed by atoms with Crippen LogP contribution in [-0.4, -0.2) is 85.0 Å². The molecule has 1 atom stereocenters. The standard InChI is InChI=1S/C18H31N3O3/c1-3-24-13-17(23)21-11-10-19(2)18(14-21)7-6-16(22)20(9-8-18)12-15-4-5-15/h15H,3-14H2,1-2H3/t18-/m1/s1. The Balaban J connectivity index is 1.65. The summed E-state index contributed by atoms with van der Waals surface area (Å²) >= 11 is 0. The molecule has 6 nitrogen and oxygen atoms in total. The Bertz CT molecular complexity index is 480. The second kappa shape index (κ2) is 7.40. The van der Waals surface area contributed by atoms with Crippen molar-refractivity contribution in [3.63, 3.8) is 0 Å². The van der Waals surface area contributed by atoms with E-state index in [1.807, 2.05) is 11.8 Å². The molecular weight excluding hydrogens is 306 g/mol. The smallest absolute Gasteiger partial charge is 0.248 e. The molecule has 6 heteroatoms. The topological polar surface area (TPSA) is 53.1 Å². The van der Waals surface area contributed by atoms with Crippen LogP contribution in [0, 0.1) is 5.92 Å². The van der Waals surface area contributed by atoms with Crippen molar-refractivity contribution >= 4 is 11.8 Å². The first-order valence-electron chi connectivity index (χ1n) is 9.38. The van der Waals surface area contributed by atoms with E-state index in [0.29, 0.717) is 18.9 Å². The lowest BCUT2D eigenvalue weighted by atomic mass is 9.86. The summed E-state index contributed by atoms with van der Waals surface area (Å²) in [6.07, 6.45) is 4.95. The van der Waals surface area contributed by atoms with E-state index < -0.39 is 0 Å². The third-order valence-electron chi connectivity index (χ3n) is 5.96. The van der Waals surface area contributed by atoms with Crippen molar-refractivity contribution in [1.29, 1.82) is 0 Å². The van der Waals surface area contributed by atoms with E-state index in [9.17, 15) is 9.59 Å². The number of likely N-dealkylation sites (N-methyl/N-ethyl adjacent to an activating group) is 1. The molecule has 2 aliphatic heterocycles. The highest BCUT2D eigenvalue weighted by Crippen LogP contribution is 2.35. The van der Waals surface area contributed by atoms with Crippen LogP contribution < -0.4 is 0 Å². The molecular formula is C18H31N3O3. The maximum atomic E-state index is 12.5. The maximum Gasteiger partial charge on any atom is 0.248 e. The Hall–Kier alpha value is -1.14. The molecule has 1 spiro atoms. The molecule has 136 valence electrons. The van der Waals surface area contributed by atoms with E-state index in [4.69, 9.17) is 4.74 Å². The molecule has 3 aliphatic rings. The quantitative estimate of drug-likeness (QED) is 0.750. The zero-order valence-electron chi connectivity index (χ0n) is 15.1. The van der Waals surface area contributed by atoms with Crippen LogP contribution in [-0.2, 0) is 14.3 Å². The highest BCUT2D eigenvalue weighted by Gasteiger charge is 2.43. The van der Waals surface area contributed by atoms with Crippen LogP contribution in [0.1, 0.15) is 39.0 Å². The van der Waals surface area contributed by atoms with Gasteiger partial charge in [-0.25, -0.2) is 0 Å². The second-order valence-corrected chi connectivity index (χ2v) is 7.63. The predicted octanol–water partition coefficient (Wildman–Crippen LogP) is 0.958. The molecule has 0 unspecified atom stereocenters. The number of ether oxygens (including phenoxy) is 1. The average molecular weight is 337 g/mol. The van der Waals surface area contributed by atoms with E-state index >= 15 is 0 Å². The number of carbonyl (C=O) groups is 2. The summed E-state index contributed by atoms with van der Waals surface area (Å²) in [4.78, 5) is 31.2. The molecule has 0 N–H and O–H groups in total. The van der Waals surface area contributed by atoms with E-state index in [-0.39, 0.29) is 18.1 Å². The van der Waals surface area contributed by atoms with Gasteiger partial charge in [0.15, 0.2) is 0 Å². The lowest BCUT2D eigenvalue weighted by molar-refractivity contribution is -0.141. The Kier molecular flexibility index (Phi) is 5.45. The minimum absolute atomic E-state index is 0.0614. The Labute approximate surface area is 145 Å². The van der Waals surface area contributed by atoms with Crippen LogP contribution in [0.15, 0.2) is 0 Å². The number of amides is 2. The fraction of sp³-hybridized carbons (Fsp3) is 0.889. The van der Waals surface area contributed by atoms with Gasteiger partial charge in [-0.3, -0.25) is 14.5 Å². The van der Waals surface area contributed by atoms with Gasteiger partial charge in [-0.2, -0.15) is 0 Å². The van der Waals surface area contributed by atoms with Gasteiger partial charge in [0.25, 0.3) is 0 Å². The van der Waals surface area contributed by atoms with Gasteiger partial charge in [0.05, 0.1) is 0 Å². The number of hydrogen-bond donors (Lipinski definition) is 0. The van der Waals surface area contributed by atoms with E-state index in [1.54, 1.807) is 0 Å². The first kappa shape index (κ1) is 17.7. The summed E-state index contributed by atoms with van der Waals surface area (Å²) in [7, 11) is 2.14. The number of hydrogen-bond acceptors (Lipinski definition) is 4. The maximum absolute atomic E-state index is 12.5. The SMILES string of the molecule is CCOCC(=O)N1CCN(C)[C@@]2(CCC(=O)N(CC3CC3)CC2)C1. The second-order valence-electron chi connectivity index (χ2n) is 7.63. The lowest BCUT2D eigenvalue weighted by Crippen LogP contribution is -2.62. The molecule has 2 saturated heterocycles. The number of rotatable bonds is 5. The van der Waals surface area contributed by atoms with Gasteiger partial charge in [-0.1, -0.05) is 0 Å². The molecule has 0 aromatic heterocycles. The number of piperazine rings is 1. The van der Waals surface area contributed by atoms with Crippen molar-refractivity contribution in [3.05, 3.63) is 0 Å². The normalized spacial score (nSPS) is 29.2. The molecule has 2 heterocycles. The Morgan fingerprint density at radius 2 is 2.04 bits per heavy atom. The molecule has 1 aliphatic carbocycles. The zero-order chi connectivity index (χ0) is 17.2. The Morgan fingerprint density at radius 1 is 1.25 bits per heavy atom. The van der Waals surface area contributed by atoms with Gasteiger partial charge in [0.1, 0.15) is 6.61 Å². The third-order valence-corrected chi connectivity index (χ3v) is 5.96. The highest BCUT2D eigenvalue weighted by molar-refractivity contribution is 5.78. The summed E-state index contributed by atoms with van der Waals surface area (Å²) in [5.74, 6) is 1.11.